The van der Waals surface area contributed by atoms with Crippen LogP contribution in [0.4, 0.5) is 0 Å². The molecular weight excluding hydrogens is 316 g/mol. The van der Waals surface area contributed by atoms with E-state index < -0.39 is 0 Å². The summed E-state index contributed by atoms with van der Waals surface area (Å²) in [6, 6.07) is 6.13. The second-order valence-corrected chi connectivity index (χ2v) is 5.35. The molecule has 0 saturated carbocycles. The lowest BCUT2D eigenvalue weighted by atomic mass is 10.1. The van der Waals surface area contributed by atoms with Gasteiger partial charge in [0.1, 0.15) is 12.2 Å². The molecular formula is C12H14BrClN4. The number of nitrogens with one attached hydrogen (secondary N) is 2. The number of benzene rings is 1. The zero-order chi connectivity index (χ0) is 13.0. The molecule has 2 rings (SSSR count). The second kappa shape index (κ2) is 6.31. The molecule has 0 spiro atoms. The van der Waals surface area contributed by atoms with Gasteiger partial charge in [-0.25, -0.2) is 4.98 Å². The third kappa shape index (κ3) is 3.54. The van der Waals surface area contributed by atoms with Crippen LogP contribution in [0.1, 0.15) is 24.4 Å². The highest BCUT2D eigenvalue weighted by molar-refractivity contribution is 9.10. The zero-order valence-electron chi connectivity index (χ0n) is 9.95. The van der Waals surface area contributed by atoms with Crippen LogP contribution in [0.5, 0.6) is 0 Å². The maximum Gasteiger partial charge on any atom is 0.137 e. The molecule has 0 aliphatic rings. The van der Waals surface area contributed by atoms with Gasteiger partial charge in [-0.3, -0.25) is 5.10 Å². The van der Waals surface area contributed by atoms with Crippen molar-refractivity contribution in [1.29, 1.82) is 0 Å². The van der Waals surface area contributed by atoms with Gasteiger partial charge in [-0.05, 0) is 24.6 Å². The average molecular weight is 330 g/mol. The van der Waals surface area contributed by atoms with E-state index in [1.807, 2.05) is 18.2 Å². The van der Waals surface area contributed by atoms with E-state index in [1.54, 1.807) is 0 Å². The van der Waals surface area contributed by atoms with Gasteiger partial charge in [0.25, 0.3) is 0 Å². The molecule has 0 aliphatic heterocycles. The van der Waals surface area contributed by atoms with Gasteiger partial charge >= 0.3 is 0 Å². The van der Waals surface area contributed by atoms with Crippen LogP contribution in [-0.4, -0.2) is 21.7 Å². The minimum atomic E-state index is 0.202. The molecule has 1 heterocycles. The van der Waals surface area contributed by atoms with Crippen molar-refractivity contribution in [1.82, 2.24) is 20.5 Å². The smallest absolute Gasteiger partial charge is 0.137 e. The van der Waals surface area contributed by atoms with Crippen LogP contribution in [0.2, 0.25) is 5.02 Å². The Morgan fingerprint density at radius 3 is 3.00 bits per heavy atom. The summed E-state index contributed by atoms with van der Waals surface area (Å²) < 4.78 is 0.991. The summed E-state index contributed by atoms with van der Waals surface area (Å²) in [5, 5.41) is 10.8. The molecule has 0 saturated heterocycles. The Bertz CT molecular complexity index is 501. The van der Waals surface area contributed by atoms with Gasteiger partial charge in [0, 0.05) is 28.5 Å². The molecule has 6 heteroatoms. The number of nitrogens with zero attached hydrogens (tertiary/aromatic N) is 2. The van der Waals surface area contributed by atoms with E-state index in [9.17, 15) is 0 Å². The number of aromatic amines is 1. The Kier molecular flexibility index (Phi) is 4.74. The summed E-state index contributed by atoms with van der Waals surface area (Å²) in [7, 11) is 0. The predicted octanol–water partition coefficient (Wildman–Crippen LogP) is 3.11. The second-order valence-electron chi connectivity index (χ2n) is 4.02. The standard InChI is InChI=1S/C12H14BrClN4/c1-8(10-3-2-9(13)6-11(10)14)15-5-4-12-16-7-17-18-12/h2-3,6-8,15H,4-5H2,1H3,(H,16,17,18). The van der Waals surface area contributed by atoms with Crippen molar-refractivity contribution in [2.75, 3.05) is 6.54 Å². The monoisotopic (exact) mass is 328 g/mol. The van der Waals surface area contributed by atoms with E-state index in [2.05, 4.69) is 43.4 Å². The number of hydrogen-bond acceptors (Lipinski definition) is 3. The van der Waals surface area contributed by atoms with Crippen molar-refractivity contribution < 1.29 is 0 Å². The molecule has 2 N–H and O–H groups in total. The first kappa shape index (κ1) is 13.5. The molecule has 0 bridgehead atoms. The maximum absolute atomic E-state index is 6.20. The highest BCUT2D eigenvalue weighted by atomic mass is 79.9. The van der Waals surface area contributed by atoms with Crippen molar-refractivity contribution in [3.05, 3.63) is 45.4 Å². The fourth-order valence-corrected chi connectivity index (χ4v) is 2.56. The maximum atomic E-state index is 6.20. The fraction of sp³-hybridized carbons (Fsp3) is 0.333. The van der Waals surface area contributed by atoms with Gasteiger partial charge in [-0.2, -0.15) is 5.10 Å². The van der Waals surface area contributed by atoms with Crippen LogP contribution in [0, 0.1) is 0 Å². The van der Waals surface area contributed by atoms with Crippen molar-refractivity contribution in [2.45, 2.75) is 19.4 Å². The van der Waals surface area contributed by atoms with E-state index in [-0.39, 0.29) is 6.04 Å². The van der Waals surface area contributed by atoms with Crippen LogP contribution in [0.25, 0.3) is 0 Å². The minimum absolute atomic E-state index is 0.202. The molecule has 1 aromatic carbocycles. The van der Waals surface area contributed by atoms with Crippen molar-refractivity contribution in [2.24, 2.45) is 0 Å². The van der Waals surface area contributed by atoms with Gasteiger partial charge in [0.2, 0.25) is 0 Å². The predicted molar refractivity (Wildman–Crippen MR) is 75.7 cm³/mol. The quantitative estimate of drug-likeness (QED) is 0.886. The zero-order valence-corrected chi connectivity index (χ0v) is 12.3. The summed E-state index contributed by atoms with van der Waals surface area (Å²) in [6.07, 6.45) is 2.34. The van der Waals surface area contributed by atoms with Crippen LogP contribution < -0.4 is 5.32 Å². The third-order valence-corrected chi connectivity index (χ3v) is 3.53. The molecule has 0 amide bonds. The van der Waals surface area contributed by atoms with E-state index >= 15 is 0 Å². The number of hydrogen-bond donors (Lipinski definition) is 2. The molecule has 1 unspecified atom stereocenters. The van der Waals surface area contributed by atoms with Crippen molar-refractivity contribution in [3.63, 3.8) is 0 Å². The molecule has 2 aromatic rings. The summed E-state index contributed by atoms with van der Waals surface area (Å²) in [5.41, 5.74) is 1.09. The average Bonchev–Trinajstić information content (AvgIpc) is 2.81. The first-order valence-corrected chi connectivity index (χ1v) is 6.86. The van der Waals surface area contributed by atoms with Crippen molar-refractivity contribution >= 4 is 27.5 Å². The van der Waals surface area contributed by atoms with Gasteiger partial charge < -0.3 is 5.32 Å². The van der Waals surface area contributed by atoms with E-state index in [0.717, 1.165) is 33.8 Å². The summed E-state index contributed by atoms with van der Waals surface area (Å²) >= 11 is 9.60. The lowest BCUT2D eigenvalue weighted by Crippen LogP contribution is -2.22. The SMILES string of the molecule is CC(NCCc1ncn[nH]1)c1ccc(Br)cc1Cl. The van der Waals surface area contributed by atoms with E-state index in [1.165, 1.54) is 6.33 Å². The number of halogens is 2. The molecule has 1 atom stereocenters. The van der Waals surface area contributed by atoms with Gasteiger partial charge in [-0.1, -0.05) is 33.6 Å². The molecule has 4 nitrogen and oxygen atoms in total. The summed E-state index contributed by atoms with van der Waals surface area (Å²) in [6.45, 7) is 2.91. The molecule has 0 fully saturated rings. The molecule has 18 heavy (non-hydrogen) atoms. The Hall–Kier alpha value is -0.910. The third-order valence-electron chi connectivity index (χ3n) is 2.71. The highest BCUT2D eigenvalue weighted by Gasteiger charge is 2.09. The van der Waals surface area contributed by atoms with E-state index in [0.29, 0.717) is 0 Å². The largest absolute Gasteiger partial charge is 0.310 e. The molecule has 1 aromatic heterocycles. The minimum Gasteiger partial charge on any atom is -0.310 e. The molecule has 0 aliphatic carbocycles. The fourth-order valence-electron chi connectivity index (χ4n) is 1.72. The van der Waals surface area contributed by atoms with E-state index in [4.69, 9.17) is 11.6 Å². The number of aromatic nitrogens is 3. The van der Waals surface area contributed by atoms with Gasteiger partial charge in [0.15, 0.2) is 0 Å². The first-order valence-electron chi connectivity index (χ1n) is 5.69. The number of rotatable bonds is 5. The summed E-state index contributed by atoms with van der Waals surface area (Å²) in [4.78, 5) is 4.08. The Morgan fingerprint density at radius 1 is 1.50 bits per heavy atom. The van der Waals surface area contributed by atoms with Crippen LogP contribution in [-0.2, 0) is 6.42 Å². The Balaban J connectivity index is 1.89. The van der Waals surface area contributed by atoms with Crippen LogP contribution in [0.15, 0.2) is 29.0 Å². The normalized spacial score (nSPS) is 12.6. The first-order chi connectivity index (χ1) is 8.66. The Morgan fingerprint density at radius 2 is 2.33 bits per heavy atom. The summed E-state index contributed by atoms with van der Waals surface area (Å²) in [5.74, 6) is 0.886. The topological polar surface area (TPSA) is 53.6 Å². The van der Waals surface area contributed by atoms with Gasteiger partial charge in [0.05, 0.1) is 0 Å². The molecule has 0 radical (unpaired) electrons. The lowest BCUT2D eigenvalue weighted by Gasteiger charge is -2.15. The number of H-pyrrole nitrogens is 1. The van der Waals surface area contributed by atoms with Crippen molar-refractivity contribution in [3.8, 4) is 0 Å². The highest BCUT2D eigenvalue weighted by Crippen LogP contribution is 2.26. The van der Waals surface area contributed by atoms with Crippen LogP contribution >= 0.6 is 27.5 Å². The lowest BCUT2D eigenvalue weighted by molar-refractivity contribution is 0.570. The Labute approximate surface area is 119 Å². The van der Waals surface area contributed by atoms with Gasteiger partial charge in [-0.15, -0.1) is 0 Å². The van der Waals surface area contributed by atoms with Crippen LogP contribution in [0.3, 0.4) is 0 Å². The molecule has 96 valence electrons.